The summed E-state index contributed by atoms with van der Waals surface area (Å²) in [6.07, 6.45) is 0.168. The zero-order valence-electron chi connectivity index (χ0n) is 11.1. The number of carboxylic acid groups (broad SMARTS) is 1. The Morgan fingerprint density at radius 3 is 2.71 bits per heavy atom. The molecule has 8 nitrogen and oxygen atoms in total. The molecule has 1 heterocycles. The van der Waals surface area contributed by atoms with Gasteiger partial charge in [-0.25, -0.2) is 4.79 Å². The molecular formula is C13H14N4O4. The highest BCUT2D eigenvalue weighted by Gasteiger charge is 2.38. The largest absolute Gasteiger partial charge is 0.508 e. The van der Waals surface area contributed by atoms with Crippen LogP contribution in [0, 0.1) is 5.92 Å². The van der Waals surface area contributed by atoms with Crippen molar-refractivity contribution in [3.8, 4) is 5.75 Å². The zero-order chi connectivity index (χ0) is 15.4. The molecule has 0 spiro atoms. The van der Waals surface area contributed by atoms with Crippen molar-refractivity contribution in [2.45, 2.75) is 12.5 Å². The number of nitrogens with zero attached hydrogens (tertiary/aromatic N) is 4. The molecular weight excluding hydrogens is 276 g/mol. The van der Waals surface area contributed by atoms with E-state index in [9.17, 15) is 19.8 Å². The minimum Gasteiger partial charge on any atom is -0.508 e. The van der Waals surface area contributed by atoms with Crippen LogP contribution in [0.15, 0.2) is 29.4 Å². The molecule has 1 amide bonds. The monoisotopic (exact) mass is 290 g/mol. The summed E-state index contributed by atoms with van der Waals surface area (Å²) in [5, 5.41) is 22.1. The lowest BCUT2D eigenvalue weighted by Gasteiger charge is -2.25. The second kappa shape index (κ2) is 6.15. The van der Waals surface area contributed by atoms with Crippen molar-refractivity contribution in [2.24, 2.45) is 11.0 Å². The number of hydrogen-bond acceptors (Lipinski definition) is 4. The predicted molar refractivity (Wildman–Crippen MR) is 72.3 cm³/mol. The maximum Gasteiger partial charge on any atom is 0.331 e. The summed E-state index contributed by atoms with van der Waals surface area (Å²) >= 11 is 0. The molecule has 1 aliphatic rings. The van der Waals surface area contributed by atoms with Crippen molar-refractivity contribution in [3.05, 3.63) is 40.3 Å². The number of hydrogen-bond donors (Lipinski definition) is 2. The SMILES string of the molecule is [N-]=[N+]=NCC1CC(=O)N(C(C(=O)O)c2ccc(O)cc2)C1. The molecule has 0 saturated carbocycles. The normalized spacial score (nSPS) is 19.1. The number of carbonyl (C=O) groups excluding carboxylic acids is 1. The predicted octanol–water partition coefficient (Wildman–Crippen LogP) is 1.68. The van der Waals surface area contributed by atoms with E-state index < -0.39 is 12.0 Å². The molecule has 1 fully saturated rings. The third-order valence-electron chi connectivity index (χ3n) is 3.40. The first-order valence-corrected chi connectivity index (χ1v) is 6.35. The van der Waals surface area contributed by atoms with Crippen molar-refractivity contribution < 1.29 is 19.8 Å². The van der Waals surface area contributed by atoms with Gasteiger partial charge in [-0.3, -0.25) is 4.79 Å². The summed E-state index contributed by atoms with van der Waals surface area (Å²) in [7, 11) is 0. The Labute approximate surface area is 120 Å². The van der Waals surface area contributed by atoms with Crippen molar-refractivity contribution in [2.75, 3.05) is 13.1 Å². The lowest BCUT2D eigenvalue weighted by atomic mass is 10.1. The van der Waals surface area contributed by atoms with Gasteiger partial charge in [0.05, 0.1) is 0 Å². The molecule has 8 heteroatoms. The topological polar surface area (TPSA) is 127 Å². The molecule has 2 unspecified atom stereocenters. The first-order valence-electron chi connectivity index (χ1n) is 6.35. The number of aliphatic carboxylic acids is 1. The zero-order valence-corrected chi connectivity index (χ0v) is 11.1. The molecule has 2 N–H and O–H groups in total. The van der Waals surface area contributed by atoms with Crippen molar-refractivity contribution in [3.63, 3.8) is 0 Å². The number of benzene rings is 1. The highest BCUT2D eigenvalue weighted by Crippen LogP contribution is 2.30. The van der Waals surface area contributed by atoms with E-state index >= 15 is 0 Å². The number of azide groups is 1. The van der Waals surface area contributed by atoms with Crippen molar-refractivity contribution in [1.29, 1.82) is 0 Å². The smallest absolute Gasteiger partial charge is 0.331 e. The molecule has 110 valence electrons. The summed E-state index contributed by atoms with van der Waals surface area (Å²) < 4.78 is 0. The van der Waals surface area contributed by atoms with Crippen LogP contribution in [-0.4, -0.2) is 40.1 Å². The van der Waals surface area contributed by atoms with Gasteiger partial charge < -0.3 is 15.1 Å². The Morgan fingerprint density at radius 1 is 1.48 bits per heavy atom. The quantitative estimate of drug-likeness (QED) is 0.485. The number of phenols is 1. The van der Waals surface area contributed by atoms with E-state index in [1.165, 1.54) is 29.2 Å². The Hall–Kier alpha value is -2.73. The Morgan fingerprint density at radius 2 is 2.14 bits per heavy atom. The number of amides is 1. The lowest BCUT2D eigenvalue weighted by molar-refractivity contribution is -0.148. The molecule has 1 saturated heterocycles. The van der Waals surface area contributed by atoms with Crippen LogP contribution < -0.4 is 0 Å². The van der Waals surface area contributed by atoms with Gasteiger partial charge in [-0.05, 0) is 29.1 Å². The van der Waals surface area contributed by atoms with Gasteiger partial charge in [0.2, 0.25) is 5.91 Å². The molecule has 2 atom stereocenters. The van der Waals surface area contributed by atoms with E-state index in [1.807, 2.05) is 0 Å². The number of phenolic OH excluding ortho intramolecular Hbond substituents is 1. The van der Waals surface area contributed by atoms with Crippen LogP contribution in [0.1, 0.15) is 18.0 Å². The molecule has 0 aromatic heterocycles. The van der Waals surface area contributed by atoms with Crippen LogP contribution in [0.5, 0.6) is 5.75 Å². The van der Waals surface area contributed by atoms with Gasteiger partial charge in [-0.15, -0.1) is 0 Å². The summed E-state index contributed by atoms with van der Waals surface area (Å²) in [6, 6.07) is 4.60. The molecule has 1 aliphatic heterocycles. The Kier molecular flexibility index (Phi) is 4.30. The summed E-state index contributed by atoms with van der Waals surface area (Å²) in [5.74, 6) is -1.57. The third-order valence-corrected chi connectivity index (χ3v) is 3.40. The molecule has 1 aromatic carbocycles. The third kappa shape index (κ3) is 3.24. The molecule has 0 bridgehead atoms. The highest BCUT2D eigenvalue weighted by molar-refractivity contribution is 5.86. The average Bonchev–Trinajstić information content (AvgIpc) is 2.80. The summed E-state index contributed by atoms with van der Waals surface area (Å²) in [5.41, 5.74) is 8.72. The Bertz CT molecular complexity index is 595. The lowest BCUT2D eigenvalue weighted by Crippen LogP contribution is -2.35. The van der Waals surface area contributed by atoms with Gasteiger partial charge >= 0.3 is 5.97 Å². The molecule has 21 heavy (non-hydrogen) atoms. The second-order valence-electron chi connectivity index (χ2n) is 4.86. The minimum absolute atomic E-state index is 0.0249. The number of carboxylic acids is 1. The van der Waals surface area contributed by atoms with E-state index in [0.29, 0.717) is 5.56 Å². The Balaban J connectivity index is 2.23. The molecule has 1 aromatic rings. The summed E-state index contributed by atoms with van der Waals surface area (Å²) in [4.78, 5) is 27.4. The van der Waals surface area contributed by atoms with Crippen LogP contribution in [0.3, 0.4) is 0 Å². The van der Waals surface area contributed by atoms with Crippen LogP contribution in [0.4, 0.5) is 0 Å². The van der Waals surface area contributed by atoms with Crippen LogP contribution in [0.25, 0.3) is 10.4 Å². The number of aromatic hydroxyl groups is 1. The van der Waals surface area contributed by atoms with Gasteiger partial charge in [0.1, 0.15) is 5.75 Å². The van der Waals surface area contributed by atoms with E-state index in [0.717, 1.165) is 0 Å². The maximum atomic E-state index is 12.0. The second-order valence-corrected chi connectivity index (χ2v) is 4.86. The summed E-state index contributed by atoms with van der Waals surface area (Å²) in [6.45, 7) is 0.399. The number of likely N-dealkylation sites (tertiary alicyclic amines) is 1. The van der Waals surface area contributed by atoms with Crippen LogP contribution in [0.2, 0.25) is 0 Å². The van der Waals surface area contributed by atoms with Crippen LogP contribution >= 0.6 is 0 Å². The van der Waals surface area contributed by atoms with Crippen LogP contribution in [-0.2, 0) is 9.59 Å². The van der Waals surface area contributed by atoms with Gasteiger partial charge in [0.15, 0.2) is 6.04 Å². The standard InChI is InChI=1S/C13H14N4O4/c14-16-15-6-8-5-11(19)17(7-8)12(13(20)21)9-1-3-10(18)4-2-9/h1-4,8,12,18H,5-7H2,(H,20,21). The van der Waals surface area contributed by atoms with Gasteiger partial charge in [0, 0.05) is 24.4 Å². The fourth-order valence-electron chi connectivity index (χ4n) is 2.44. The average molecular weight is 290 g/mol. The first-order chi connectivity index (χ1) is 10.0. The number of carbonyl (C=O) groups is 2. The highest BCUT2D eigenvalue weighted by atomic mass is 16.4. The fraction of sp³-hybridized carbons (Fsp3) is 0.385. The fourth-order valence-corrected chi connectivity index (χ4v) is 2.44. The molecule has 0 aliphatic carbocycles. The minimum atomic E-state index is -1.14. The van der Waals surface area contributed by atoms with E-state index in [2.05, 4.69) is 10.0 Å². The van der Waals surface area contributed by atoms with E-state index in [1.54, 1.807) is 0 Å². The molecule has 2 rings (SSSR count). The first kappa shape index (κ1) is 14.7. The van der Waals surface area contributed by atoms with Gasteiger partial charge in [-0.2, -0.15) is 0 Å². The van der Waals surface area contributed by atoms with Gasteiger partial charge in [0.25, 0.3) is 0 Å². The van der Waals surface area contributed by atoms with E-state index in [4.69, 9.17) is 5.53 Å². The van der Waals surface area contributed by atoms with Crippen molar-refractivity contribution in [1.82, 2.24) is 4.90 Å². The van der Waals surface area contributed by atoms with E-state index in [-0.39, 0.29) is 37.1 Å². The maximum absolute atomic E-state index is 12.0. The number of rotatable bonds is 5. The van der Waals surface area contributed by atoms with Gasteiger partial charge in [-0.1, -0.05) is 17.2 Å². The molecule has 0 radical (unpaired) electrons. The van der Waals surface area contributed by atoms with Crippen molar-refractivity contribution >= 4 is 11.9 Å².